The summed E-state index contributed by atoms with van der Waals surface area (Å²) < 4.78 is 3.18. The van der Waals surface area contributed by atoms with Crippen LogP contribution in [-0.2, 0) is 6.54 Å². The normalized spacial score (nSPS) is 16.5. The monoisotopic (exact) mass is 291 g/mol. The molecule has 0 aromatic carbocycles. The van der Waals surface area contributed by atoms with Crippen molar-refractivity contribution in [2.45, 2.75) is 32.9 Å². The second-order valence-corrected chi connectivity index (χ2v) is 5.48. The predicted molar refractivity (Wildman–Crippen MR) is 62.0 cm³/mol. The van der Waals surface area contributed by atoms with E-state index in [0.717, 1.165) is 16.8 Å². The Labute approximate surface area is 92.2 Å². The summed E-state index contributed by atoms with van der Waals surface area (Å²) >= 11 is 2.26. The summed E-state index contributed by atoms with van der Waals surface area (Å²) in [5.74, 6) is 1.26. The Balaban J connectivity index is 2.37. The van der Waals surface area contributed by atoms with E-state index in [1.165, 1.54) is 5.82 Å². The molecule has 0 aliphatic carbocycles. The average Bonchev–Trinajstić information content (AvgIpc) is 2.41. The van der Waals surface area contributed by atoms with Crippen molar-refractivity contribution in [2.75, 3.05) is 11.4 Å². The van der Waals surface area contributed by atoms with E-state index in [-0.39, 0.29) is 5.54 Å². The van der Waals surface area contributed by atoms with E-state index < -0.39 is 0 Å². The van der Waals surface area contributed by atoms with Gasteiger partial charge in [0.15, 0.2) is 0 Å². The molecule has 4 heteroatoms. The molecule has 0 fully saturated rings. The molecule has 0 amide bonds. The fourth-order valence-electron chi connectivity index (χ4n) is 1.75. The molecule has 0 N–H and O–H groups in total. The number of fused-ring (bicyclic) bond motifs is 1. The van der Waals surface area contributed by atoms with Crippen LogP contribution in [0.25, 0.3) is 0 Å². The SMILES string of the molecule is CC(C)(C)N1CCn2nc(I)cc21. The summed E-state index contributed by atoms with van der Waals surface area (Å²) in [6.45, 7) is 8.83. The van der Waals surface area contributed by atoms with Crippen LogP contribution in [0, 0.1) is 3.70 Å². The van der Waals surface area contributed by atoms with E-state index in [9.17, 15) is 0 Å². The van der Waals surface area contributed by atoms with Crippen LogP contribution < -0.4 is 4.90 Å². The highest BCUT2D eigenvalue weighted by Gasteiger charge is 2.29. The minimum atomic E-state index is 0.206. The van der Waals surface area contributed by atoms with Gasteiger partial charge in [-0.1, -0.05) is 0 Å². The van der Waals surface area contributed by atoms with Crippen LogP contribution >= 0.6 is 22.6 Å². The molecule has 0 saturated carbocycles. The fraction of sp³-hybridized carbons (Fsp3) is 0.667. The third-order valence-corrected chi connectivity index (χ3v) is 2.88. The summed E-state index contributed by atoms with van der Waals surface area (Å²) in [4.78, 5) is 2.40. The molecule has 0 radical (unpaired) electrons. The first-order valence-electron chi connectivity index (χ1n) is 4.49. The predicted octanol–water partition coefficient (Wildman–Crippen LogP) is 2.11. The molecule has 3 nitrogen and oxygen atoms in total. The third-order valence-electron chi connectivity index (χ3n) is 2.35. The van der Waals surface area contributed by atoms with Gasteiger partial charge < -0.3 is 4.90 Å². The maximum Gasteiger partial charge on any atom is 0.128 e. The van der Waals surface area contributed by atoms with Crippen LogP contribution in [0.5, 0.6) is 0 Å². The van der Waals surface area contributed by atoms with Gasteiger partial charge in [-0.2, -0.15) is 5.10 Å². The second-order valence-electron chi connectivity index (χ2n) is 4.37. The van der Waals surface area contributed by atoms with Gasteiger partial charge in [0.05, 0.1) is 6.54 Å². The van der Waals surface area contributed by atoms with E-state index in [0.29, 0.717) is 0 Å². The molecule has 1 aliphatic rings. The lowest BCUT2D eigenvalue weighted by Crippen LogP contribution is -2.40. The highest BCUT2D eigenvalue weighted by atomic mass is 127. The van der Waals surface area contributed by atoms with Gasteiger partial charge in [0, 0.05) is 18.2 Å². The first-order chi connectivity index (χ1) is 5.98. The molecule has 13 heavy (non-hydrogen) atoms. The number of hydrogen-bond acceptors (Lipinski definition) is 2. The van der Waals surface area contributed by atoms with Gasteiger partial charge in [0.25, 0.3) is 0 Å². The zero-order chi connectivity index (χ0) is 9.64. The van der Waals surface area contributed by atoms with Crippen LogP contribution in [0.3, 0.4) is 0 Å². The molecule has 0 atom stereocenters. The average molecular weight is 291 g/mol. The first-order valence-corrected chi connectivity index (χ1v) is 5.57. The van der Waals surface area contributed by atoms with Crippen molar-refractivity contribution in [3.05, 3.63) is 9.77 Å². The van der Waals surface area contributed by atoms with Crippen LogP contribution in [0.1, 0.15) is 20.8 Å². The van der Waals surface area contributed by atoms with E-state index in [2.05, 4.69) is 64.1 Å². The van der Waals surface area contributed by atoms with Crippen LogP contribution in [-0.4, -0.2) is 21.9 Å². The third kappa shape index (κ3) is 1.56. The Morgan fingerprint density at radius 1 is 1.38 bits per heavy atom. The highest BCUT2D eigenvalue weighted by Crippen LogP contribution is 2.29. The van der Waals surface area contributed by atoms with Gasteiger partial charge in [-0.05, 0) is 43.4 Å². The Morgan fingerprint density at radius 2 is 2.08 bits per heavy atom. The lowest BCUT2D eigenvalue weighted by atomic mass is 10.1. The molecule has 0 bridgehead atoms. The van der Waals surface area contributed by atoms with Crippen LogP contribution in [0.2, 0.25) is 0 Å². The van der Waals surface area contributed by atoms with E-state index in [1.807, 2.05) is 0 Å². The lowest BCUT2D eigenvalue weighted by molar-refractivity contribution is 0.516. The molecule has 72 valence electrons. The minimum Gasteiger partial charge on any atom is -0.350 e. The van der Waals surface area contributed by atoms with Gasteiger partial charge >= 0.3 is 0 Å². The molecule has 2 rings (SSSR count). The summed E-state index contributed by atoms with van der Waals surface area (Å²) in [5.41, 5.74) is 0.206. The largest absolute Gasteiger partial charge is 0.350 e. The van der Waals surface area contributed by atoms with Crippen LogP contribution in [0.4, 0.5) is 5.82 Å². The Morgan fingerprint density at radius 3 is 2.69 bits per heavy atom. The van der Waals surface area contributed by atoms with Crippen molar-refractivity contribution in [3.63, 3.8) is 0 Å². The Kier molecular flexibility index (Phi) is 2.05. The zero-order valence-corrected chi connectivity index (χ0v) is 10.4. The van der Waals surface area contributed by atoms with Crippen molar-refractivity contribution in [1.82, 2.24) is 9.78 Å². The van der Waals surface area contributed by atoms with Gasteiger partial charge in [0.1, 0.15) is 9.52 Å². The van der Waals surface area contributed by atoms with Crippen molar-refractivity contribution in [2.24, 2.45) is 0 Å². The standard InChI is InChI=1S/C9H14IN3/c1-9(2,3)12-4-5-13-8(12)6-7(10)11-13/h6H,4-5H2,1-3H3. The minimum absolute atomic E-state index is 0.206. The van der Waals surface area contributed by atoms with Crippen molar-refractivity contribution in [1.29, 1.82) is 0 Å². The molecule has 0 unspecified atom stereocenters. The number of nitrogens with zero attached hydrogens (tertiary/aromatic N) is 3. The molecule has 1 aromatic heterocycles. The number of aromatic nitrogens is 2. The molecule has 2 heterocycles. The van der Waals surface area contributed by atoms with E-state index >= 15 is 0 Å². The first kappa shape index (κ1) is 9.30. The molecule has 1 aliphatic heterocycles. The maximum atomic E-state index is 4.42. The molecule has 1 aromatic rings. The van der Waals surface area contributed by atoms with E-state index in [4.69, 9.17) is 0 Å². The maximum absolute atomic E-state index is 4.42. The molecule has 0 spiro atoms. The quantitative estimate of drug-likeness (QED) is 0.683. The highest BCUT2D eigenvalue weighted by molar-refractivity contribution is 14.1. The number of anilines is 1. The second kappa shape index (κ2) is 2.87. The van der Waals surface area contributed by atoms with Crippen molar-refractivity contribution >= 4 is 28.4 Å². The van der Waals surface area contributed by atoms with Crippen molar-refractivity contribution < 1.29 is 0 Å². The zero-order valence-electron chi connectivity index (χ0n) is 8.21. The Hall–Kier alpha value is -0.260. The van der Waals surface area contributed by atoms with E-state index in [1.54, 1.807) is 0 Å². The molecular formula is C9H14IN3. The lowest BCUT2D eigenvalue weighted by Gasteiger charge is -2.32. The fourth-order valence-corrected chi connectivity index (χ4v) is 2.29. The molecule has 0 saturated heterocycles. The number of halogens is 1. The Bertz CT molecular complexity index is 324. The number of hydrogen-bond donors (Lipinski definition) is 0. The molecular weight excluding hydrogens is 277 g/mol. The summed E-state index contributed by atoms with van der Waals surface area (Å²) in [7, 11) is 0. The van der Waals surface area contributed by atoms with Gasteiger partial charge in [0.2, 0.25) is 0 Å². The van der Waals surface area contributed by atoms with Crippen LogP contribution in [0.15, 0.2) is 6.07 Å². The summed E-state index contributed by atoms with van der Waals surface area (Å²) in [6, 6.07) is 2.15. The topological polar surface area (TPSA) is 21.1 Å². The summed E-state index contributed by atoms with van der Waals surface area (Å²) in [5, 5.41) is 4.42. The smallest absolute Gasteiger partial charge is 0.128 e. The van der Waals surface area contributed by atoms with Crippen molar-refractivity contribution in [3.8, 4) is 0 Å². The van der Waals surface area contributed by atoms with Gasteiger partial charge in [-0.15, -0.1) is 0 Å². The number of rotatable bonds is 0. The van der Waals surface area contributed by atoms with Gasteiger partial charge in [-0.3, -0.25) is 0 Å². The summed E-state index contributed by atoms with van der Waals surface area (Å²) in [6.07, 6.45) is 0. The van der Waals surface area contributed by atoms with Gasteiger partial charge in [-0.25, -0.2) is 4.68 Å².